The third-order valence-corrected chi connectivity index (χ3v) is 4.76. The second kappa shape index (κ2) is 4.13. The topological polar surface area (TPSA) is 80.5 Å². The average Bonchev–Trinajstić information content (AvgIpc) is 2.33. The normalized spacial score (nSPS) is 20.6. The Bertz CT molecular complexity index is 643. The van der Waals surface area contributed by atoms with Crippen LogP contribution in [0.25, 0.3) is 0 Å². The zero-order chi connectivity index (χ0) is 13.5. The maximum absolute atomic E-state index is 12.4. The summed E-state index contributed by atoms with van der Waals surface area (Å²) in [5, 5.41) is 0. The van der Waals surface area contributed by atoms with Gasteiger partial charge in [-0.1, -0.05) is 12.1 Å². The van der Waals surface area contributed by atoms with Crippen molar-refractivity contribution in [1.82, 2.24) is 4.31 Å². The molecule has 0 atom stereocenters. The molecule has 2 rings (SSSR count). The number of likely N-dealkylation sites (N-methyl/N-ethyl adjacent to an activating group) is 1. The van der Waals surface area contributed by atoms with E-state index in [1.54, 1.807) is 19.1 Å². The van der Waals surface area contributed by atoms with Crippen LogP contribution < -0.4 is 5.73 Å². The van der Waals surface area contributed by atoms with Crippen LogP contribution in [-0.4, -0.2) is 25.1 Å². The number of hydrogen-bond acceptors (Lipinski definition) is 4. The first-order valence-electron chi connectivity index (χ1n) is 5.54. The van der Waals surface area contributed by atoms with Gasteiger partial charge in [-0.3, -0.25) is 9.10 Å². The van der Waals surface area contributed by atoms with Gasteiger partial charge in [-0.05, 0) is 26.0 Å². The van der Waals surface area contributed by atoms with E-state index in [1.165, 1.54) is 19.1 Å². The maximum atomic E-state index is 12.4. The molecule has 0 amide bonds. The molecule has 0 bridgehead atoms. The number of carbonyl (C=O) groups excluding carboxylic acids is 1. The van der Waals surface area contributed by atoms with Crippen LogP contribution in [0, 0.1) is 0 Å². The molecule has 5 nitrogen and oxygen atoms in total. The molecule has 1 aliphatic rings. The van der Waals surface area contributed by atoms with Gasteiger partial charge in [0.1, 0.15) is 5.70 Å². The highest BCUT2D eigenvalue weighted by Gasteiger charge is 2.39. The van der Waals surface area contributed by atoms with Crippen molar-refractivity contribution in [2.24, 2.45) is 5.73 Å². The number of fused-ring (bicyclic) bond motifs is 1. The predicted molar refractivity (Wildman–Crippen MR) is 67.2 cm³/mol. The molecule has 0 saturated carbocycles. The summed E-state index contributed by atoms with van der Waals surface area (Å²) in [6, 6.07) is 6.18. The van der Waals surface area contributed by atoms with E-state index in [2.05, 4.69) is 0 Å². The van der Waals surface area contributed by atoms with Crippen molar-refractivity contribution >= 4 is 15.8 Å². The molecule has 0 unspecified atom stereocenters. The quantitative estimate of drug-likeness (QED) is 0.771. The van der Waals surface area contributed by atoms with Gasteiger partial charge in [0.2, 0.25) is 5.78 Å². The molecular formula is C12H14N2O3S. The fourth-order valence-corrected chi connectivity index (χ4v) is 3.80. The highest BCUT2D eigenvalue weighted by Crippen LogP contribution is 2.32. The minimum atomic E-state index is -3.69. The van der Waals surface area contributed by atoms with Crippen LogP contribution in [0.5, 0.6) is 0 Å². The molecule has 0 radical (unpaired) electrons. The smallest absolute Gasteiger partial charge is 0.265 e. The van der Waals surface area contributed by atoms with Crippen molar-refractivity contribution < 1.29 is 13.2 Å². The SMILES string of the molecule is CCN1/C(=C(\C)N)C(=O)c2ccccc2S1(=O)=O. The molecule has 0 fully saturated rings. The van der Waals surface area contributed by atoms with Crippen molar-refractivity contribution in [1.29, 1.82) is 0 Å². The third kappa shape index (κ3) is 1.60. The van der Waals surface area contributed by atoms with Gasteiger partial charge >= 0.3 is 0 Å². The summed E-state index contributed by atoms with van der Waals surface area (Å²) in [7, 11) is -3.69. The van der Waals surface area contributed by atoms with E-state index < -0.39 is 10.0 Å². The first kappa shape index (κ1) is 12.6. The van der Waals surface area contributed by atoms with E-state index in [9.17, 15) is 13.2 Å². The summed E-state index contributed by atoms with van der Waals surface area (Å²) in [5.41, 5.74) is 6.10. The summed E-state index contributed by atoms with van der Waals surface area (Å²) >= 11 is 0. The Morgan fingerprint density at radius 2 is 1.94 bits per heavy atom. The molecule has 2 N–H and O–H groups in total. The number of sulfonamides is 1. The zero-order valence-corrected chi connectivity index (χ0v) is 11.0. The number of hydrogen-bond donors (Lipinski definition) is 1. The number of nitrogens with two attached hydrogens (primary N) is 1. The highest BCUT2D eigenvalue weighted by atomic mass is 32.2. The molecule has 0 spiro atoms. The lowest BCUT2D eigenvalue weighted by Gasteiger charge is -2.30. The largest absolute Gasteiger partial charge is 0.400 e. The van der Waals surface area contributed by atoms with E-state index in [1.807, 2.05) is 0 Å². The van der Waals surface area contributed by atoms with Crippen molar-refractivity contribution in [3.05, 3.63) is 41.2 Å². The number of rotatable bonds is 1. The lowest BCUT2D eigenvalue weighted by molar-refractivity contribution is 0.0999. The zero-order valence-electron chi connectivity index (χ0n) is 10.2. The average molecular weight is 266 g/mol. The minimum Gasteiger partial charge on any atom is -0.400 e. The summed E-state index contributed by atoms with van der Waals surface area (Å²) in [4.78, 5) is 12.3. The molecular weight excluding hydrogens is 252 g/mol. The molecule has 18 heavy (non-hydrogen) atoms. The van der Waals surface area contributed by atoms with E-state index in [0.717, 1.165) is 4.31 Å². The Morgan fingerprint density at radius 1 is 1.33 bits per heavy atom. The van der Waals surface area contributed by atoms with Crippen LogP contribution in [0.4, 0.5) is 0 Å². The lowest BCUT2D eigenvalue weighted by Crippen LogP contribution is -2.40. The van der Waals surface area contributed by atoms with E-state index in [0.29, 0.717) is 0 Å². The van der Waals surface area contributed by atoms with Gasteiger partial charge in [0, 0.05) is 17.8 Å². The summed E-state index contributed by atoms with van der Waals surface area (Å²) in [6.45, 7) is 3.37. The molecule has 1 aromatic rings. The van der Waals surface area contributed by atoms with Crippen LogP contribution in [0.1, 0.15) is 24.2 Å². The fraction of sp³-hybridized carbons (Fsp3) is 0.250. The van der Waals surface area contributed by atoms with Crippen LogP contribution in [0.3, 0.4) is 0 Å². The Hall–Kier alpha value is -1.82. The van der Waals surface area contributed by atoms with Crippen LogP contribution in [-0.2, 0) is 10.0 Å². The predicted octanol–water partition coefficient (Wildman–Crippen LogP) is 1.08. The monoisotopic (exact) mass is 266 g/mol. The van der Waals surface area contributed by atoms with Crippen molar-refractivity contribution in [2.75, 3.05) is 6.54 Å². The van der Waals surface area contributed by atoms with E-state index in [4.69, 9.17) is 5.73 Å². The Balaban J connectivity index is 2.85. The van der Waals surface area contributed by atoms with Crippen LogP contribution in [0.2, 0.25) is 0 Å². The number of benzene rings is 1. The molecule has 0 aromatic heterocycles. The Morgan fingerprint density at radius 3 is 2.50 bits per heavy atom. The van der Waals surface area contributed by atoms with Gasteiger partial charge in [0.25, 0.3) is 10.0 Å². The second-order valence-electron chi connectivity index (χ2n) is 4.03. The minimum absolute atomic E-state index is 0.0434. The summed E-state index contributed by atoms with van der Waals surface area (Å²) in [5.74, 6) is -0.345. The highest BCUT2D eigenvalue weighted by molar-refractivity contribution is 7.89. The van der Waals surface area contributed by atoms with Gasteiger partial charge in [0.15, 0.2) is 0 Å². The van der Waals surface area contributed by atoms with Gasteiger partial charge in [-0.25, -0.2) is 8.42 Å². The third-order valence-electron chi connectivity index (χ3n) is 2.82. The van der Waals surface area contributed by atoms with Gasteiger partial charge in [0.05, 0.1) is 4.90 Å². The second-order valence-corrected chi connectivity index (χ2v) is 5.86. The maximum Gasteiger partial charge on any atom is 0.265 e. The van der Waals surface area contributed by atoms with Gasteiger partial charge < -0.3 is 5.73 Å². The van der Waals surface area contributed by atoms with E-state index >= 15 is 0 Å². The number of ketones is 1. The molecule has 1 aliphatic heterocycles. The Kier molecular flexibility index (Phi) is 2.90. The number of Topliss-reactive ketones (excluding diaryl/α,β-unsaturated/α-hetero) is 1. The van der Waals surface area contributed by atoms with Gasteiger partial charge in [-0.15, -0.1) is 0 Å². The molecule has 1 aromatic carbocycles. The molecule has 96 valence electrons. The number of carbonyl (C=O) groups is 1. The summed E-state index contributed by atoms with van der Waals surface area (Å²) < 4.78 is 25.8. The Labute approximate surface area is 106 Å². The van der Waals surface area contributed by atoms with E-state index in [-0.39, 0.29) is 34.2 Å². The van der Waals surface area contributed by atoms with Crippen LogP contribution in [0.15, 0.2) is 40.6 Å². The van der Waals surface area contributed by atoms with Crippen molar-refractivity contribution in [3.63, 3.8) is 0 Å². The van der Waals surface area contributed by atoms with Crippen molar-refractivity contribution in [2.45, 2.75) is 18.7 Å². The first-order valence-corrected chi connectivity index (χ1v) is 6.98. The number of allylic oxidation sites excluding steroid dienone is 2. The summed E-state index contributed by atoms with van der Waals surface area (Å²) in [6.07, 6.45) is 0. The lowest BCUT2D eigenvalue weighted by atomic mass is 10.1. The fourth-order valence-electron chi connectivity index (χ4n) is 2.06. The van der Waals surface area contributed by atoms with Crippen molar-refractivity contribution in [3.8, 4) is 0 Å². The number of nitrogens with zero attached hydrogens (tertiary/aromatic N) is 1. The standard InChI is InChI=1S/C12H14N2O3S/c1-3-14-11(8(2)13)12(15)9-6-4-5-7-10(9)18(14,16)17/h4-7H,3,13H2,1-2H3/b11-8+. The first-order chi connectivity index (χ1) is 8.41. The molecule has 6 heteroatoms. The molecule has 1 heterocycles. The van der Waals surface area contributed by atoms with Crippen LogP contribution >= 0.6 is 0 Å². The molecule has 0 saturated heterocycles. The molecule has 0 aliphatic carbocycles. The van der Waals surface area contributed by atoms with Gasteiger partial charge in [-0.2, -0.15) is 0 Å².